The molecular weight excluding hydrogens is 156 g/mol. The Balaban J connectivity index is 2.31. The molecule has 1 aliphatic carbocycles. The summed E-state index contributed by atoms with van der Waals surface area (Å²) in [5.41, 5.74) is -0.547. The van der Waals surface area contributed by atoms with Crippen LogP contribution in [0.1, 0.15) is 39.0 Å². The van der Waals surface area contributed by atoms with Gasteiger partial charge in [0.2, 0.25) is 0 Å². The van der Waals surface area contributed by atoms with Gasteiger partial charge in [0.25, 0.3) is 0 Å². The SMILES string of the molecule is C[C@]1(O)CC[C@H](CC(=O)O)CC1. The van der Waals surface area contributed by atoms with E-state index in [-0.39, 0.29) is 12.3 Å². The fourth-order valence-corrected chi connectivity index (χ4v) is 1.75. The highest BCUT2D eigenvalue weighted by atomic mass is 16.4. The van der Waals surface area contributed by atoms with Crippen LogP contribution in [0.2, 0.25) is 0 Å². The van der Waals surface area contributed by atoms with Crippen molar-refractivity contribution in [3.05, 3.63) is 0 Å². The summed E-state index contributed by atoms with van der Waals surface area (Å²) in [4.78, 5) is 10.4. The van der Waals surface area contributed by atoms with Gasteiger partial charge in [0.05, 0.1) is 5.60 Å². The van der Waals surface area contributed by atoms with Crippen molar-refractivity contribution in [1.29, 1.82) is 0 Å². The zero-order chi connectivity index (χ0) is 9.19. The van der Waals surface area contributed by atoms with E-state index in [0.717, 1.165) is 25.7 Å². The lowest BCUT2D eigenvalue weighted by atomic mass is 9.79. The first-order chi connectivity index (χ1) is 5.49. The molecule has 1 rings (SSSR count). The molecular formula is C9H16O3. The number of carboxylic acids is 1. The van der Waals surface area contributed by atoms with Crippen molar-refractivity contribution in [2.24, 2.45) is 5.92 Å². The molecule has 1 fully saturated rings. The van der Waals surface area contributed by atoms with Crippen LogP contribution in [0.3, 0.4) is 0 Å². The molecule has 0 aromatic rings. The number of hydrogen-bond acceptors (Lipinski definition) is 2. The van der Waals surface area contributed by atoms with Crippen LogP contribution in [-0.2, 0) is 4.79 Å². The molecule has 1 aliphatic rings. The average Bonchev–Trinajstić information content (AvgIpc) is 1.93. The molecule has 0 spiro atoms. The van der Waals surface area contributed by atoms with Crippen LogP contribution >= 0.6 is 0 Å². The van der Waals surface area contributed by atoms with E-state index in [1.807, 2.05) is 6.92 Å². The van der Waals surface area contributed by atoms with Crippen LogP contribution in [0.5, 0.6) is 0 Å². The number of aliphatic hydroxyl groups is 1. The second-order valence-electron chi connectivity index (χ2n) is 4.04. The molecule has 0 bridgehead atoms. The molecule has 0 amide bonds. The first-order valence-corrected chi connectivity index (χ1v) is 4.44. The van der Waals surface area contributed by atoms with Gasteiger partial charge in [0.1, 0.15) is 0 Å². The Kier molecular flexibility index (Phi) is 2.73. The summed E-state index contributed by atoms with van der Waals surface area (Å²) in [7, 11) is 0. The quantitative estimate of drug-likeness (QED) is 0.662. The molecule has 0 aromatic carbocycles. The molecule has 0 aliphatic heterocycles. The van der Waals surface area contributed by atoms with Crippen LogP contribution in [0.15, 0.2) is 0 Å². The van der Waals surface area contributed by atoms with Crippen LogP contribution < -0.4 is 0 Å². The Hall–Kier alpha value is -0.570. The summed E-state index contributed by atoms with van der Waals surface area (Å²) in [5.74, 6) is -0.440. The minimum Gasteiger partial charge on any atom is -0.481 e. The fourth-order valence-electron chi connectivity index (χ4n) is 1.75. The molecule has 3 nitrogen and oxygen atoms in total. The number of carbonyl (C=O) groups is 1. The van der Waals surface area contributed by atoms with Crippen molar-refractivity contribution < 1.29 is 15.0 Å². The molecule has 0 atom stereocenters. The molecule has 0 saturated heterocycles. The Morgan fingerprint density at radius 2 is 2.00 bits per heavy atom. The Labute approximate surface area is 72.4 Å². The lowest BCUT2D eigenvalue weighted by molar-refractivity contribution is -0.138. The van der Waals surface area contributed by atoms with Crippen LogP contribution in [0.4, 0.5) is 0 Å². The third-order valence-electron chi connectivity index (χ3n) is 2.65. The first-order valence-electron chi connectivity index (χ1n) is 4.44. The molecule has 0 heterocycles. The van der Waals surface area contributed by atoms with Gasteiger partial charge in [-0.25, -0.2) is 0 Å². The Morgan fingerprint density at radius 1 is 1.50 bits per heavy atom. The summed E-state index contributed by atoms with van der Waals surface area (Å²) in [6, 6.07) is 0. The van der Waals surface area contributed by atoms with E-state index in [2.05, 4.69) is 0 Å². The maximum atomic E-state index is 10.4. The maximum Gasteiger partial charge on any atom is 0.303 e. The number of rotatable bonds is 2. The monoisotopic (exact) mass is 172 g/mol. The van der Waals surface area contributed by atoms with Gasteiger partial charge in [0, 0.05) is 6.42 Å². The van der Waals surface area contributed by atoms with Gasteiger partial charge in [-0.05, 0) is 38.5 Å². The van der Waals surface area contributed by atoms with Gasteiger partial charge in [-0.1, -0.05) is 0 Å². The van der Waals surface area contributed by atoms with E-state index in [4.69, 9.17) is 5.11 Å². The second-order valence-corrected chi connectivity index (χ2v) is 4.04. The van der Waals surface area contributed by atoms with E-state index in [9.17, 15) is 9.90 Å². The van der Waals surface area contributed by atoms with Crippen molar-refractivity contribution in [2.75, 3.05) is 0 Å². The molecule has 2 N–H and O–H groups in total. The summed E-state index contributed by atoms with van der Waals surface area (Å²) >= 11 is 0. The van der Waals surface area contributed by atoms with Crippen LogP contribution in [0.25, 0.3) is 0 Å². The summed E-state index contributed by atoms with van der Waals surface area (Å²) in [5, 5.41) is 18.1. The van der Waals surface area contributed by atoms with Crippen molar-refractivity contribution in [3.8, 4) is 0 Å². The van der Waals surface area contributed by atoms with Crippen molar-refractivity contribution in [2.45, 2.75) is 44.6 Å². The third-order valence-corrected chi connectivity index (χ3v) is 2.65. The van der Waals surface area contributed by atoms with Gasteiger partial charge in [-0.15, -0.1) is 0 Å². The van der Waals surface area contributed by atoms with Crippen molar-refractivity contribution in [3.63, 3.8) is 0 Å². The summed E-state index contributed by atoms with van der Waals surface area (Å²) in [6.45, 7) is 1.82. The number of aliphatic carboxylic acids is 1. The van der Waals surface area contributed by atoms with Gasteiger partial charge < -0.3 is 10.2 Å². The highest BCUT2D eigenvalue weighted by Crippen LogP contribution is 2.33. The predicted molar refractivity (Wildman–Crippen MR) is 44.8 cm³/mol. The summed E-state index contributed by atoms with van der Waals surface area (Å²) in [6.07, 6.45) is 3.44. The minimum absolute atomic E-state index is 0.260. The largest absolute Gasteiger partial charge is 0.481 e. The molecule has 0 radical (unpaired) electrons. The van der Waals surface area contributed by atoms with E-state index >= 15 is 0 Å². The van der Waals surface area contributed by atoms with Gasteiger partial charge in [-0.3, -0.25) is 4.79 Å². The fraction of sp³-hybridized carbons (Fsp3) is 0.889. The average molecular weight is 172 g/mol. The lowest BCUT2D eigenvalue weighted by Crippen LogP contribution is -2.30. The van der Waals surface area contributed by atoms with E-state index in [0.29, 0.717) is 0 Å². The maximum absolute atomic E-state index is 10.4. The van der Waals surface area contributed by atoms with E-state index in [1.165, 1.54) is 0 Å². The molecule has 70 valence electrons. The predicted octanol–water partition coefficient (Wildman–Crippen LogP) is 1.40. The highest BCUT2D eigenvalue weighted by Gasteiger charge is 2.29. The smallest absolute Gasteiger partial charge is 0.303 e. The molecule has 3 heteroatoms. The Morgan fingerprint density at radius 3 is 2.42 bits per heavy atom. The van der Waals surface area contributed by atoms with Gasteiger partial charge >= 0.3 is 5.97 Å². The first kappa shape index (κ1) is 9.52. The van der Waals surface area contributed by atoms with Crippen LogP contribution in [0, 0.1) is 5.92 Å². The van der Waals surface area contributed by atoms with Crippen molar-refractivity contribution in [1.82, 2.24) is 0 Å². The number of carboxylic acid groups (broad SMARTS) is 1. The Bertz CT molecular complexity index is 165. The zero-order valence-corrected chi connectivity index (χ0v) is 7.42. The molecule has 12 heavy (non-hydrogen) atoms. The zero-order valence-electron chi connectivity index (χ0n) is 7.42. The minimum atomic E-state index is -0.721. The topological polar surface area (TPSA) is 57.5 Å². The third kappa shape index (κ3) is 2.81. The van der Waals surface area contributed by atoms with Gasteiger partial charge in [-0.2, -0.15) is 0 Å². The van der Waals surface area contributed by atoms with Gasteiger partial charge in [0.15, 0.2) is 0 Å². The normalized spacial score (nSPS) is 36.3. The van der Waals surface area contributed by atoms with E-state index in [1.54, 1.807) is 0 Å². The lowest BCUT2D eigenvalue weighted by Gasteiger charge is -2.32. The number of hydrogen-bond donors (Lipinski definition) is 2. The molecule has 0 aromatic heterocycles. The van der Waals surface area contributed by atoms with Crippen molar-refractivity contribution >= 4 is 5.97 Å². The standard InChI is InChI=1S/C9H16O3/c1-9(12)4-2-7(3-5-9)6-8(10)11/h7,12H,2-6H2,1H3,(H,10,11)/t7-,9-. The summed E-state index contributed by atoms with van der Waals surface area (Å²) < 4.78 is 0. The highest BCUT2D eigenvalue weighted by molar-refractivity contribution is 5.67. The van der Waals surface area contributed by atoms with E-state index < -0.39 is 11.6 Å². The van der Waals surface area contributed by atoms with Crippen LogP contribution in [-0.4, -0.2) is 21.8 Å². The second kappa shape index (κ2) is 3.44. The molecule has 1 saturated carbocycles. The molecule has 0 unspecified atom stereocenters.